The molecule has 1 amide bonds. The molecule has 0 spiro atoms. The highest BCUT2D eigenvalue weighted by atomic mass is 16.4. The first-order chi connectivity index (χ1) is 13.1. The van der Waals surface area contributed by atoms with Gasteiger partial charge in [-0.25, -0.2) is 0 Å². The Bertz CT molecular complexity index is 800. The zero-order valence-corrected chi connectivity index (χ0v) is 15.6. The lowest BCUT2D eigenvalue weighted by molar-refractivity contribution is -0.124. The van der Waals surface area contributed by atoms with Gasteiger partial charge in [0.05, 0.1) is 0 Å². The molecular formula is C23H27NO3. The summed E-state index contributed by atoms with van der Waals surface area (Å²) < 4.78 is 5.56. The average Bonchev–Trinajstić information content (AvgIpc) is 3.10. The third-order valence-corrected chi connectivity index (χ3v) is 6.97. The van der Waals surface area contributed by atoms with Crippen molar-refractivity contribution in [3.05, 3.63) is 42.2 Å². The van der Waals surface area contributed by atoms with Gasteiger partial charge < -0.3 is 14.8 Å². The van der Waals surface area contributed by atoms with Crippen LogP contribution in [0.3, 0.4) is 0 Å². The standard InChI is InChI=1S/C23H27NO3/c25-14-20-5-6-21(27-20)18-1-3-19(4-2-18)24-22(26)13-23-10-15-7-16(11-23)9-17(8-15)12-23/h1-6,15-17,25H,7-14H2,(H,24,26). The predicted octanol–water partition coefficient (Wildman–Crippen LogP) is 4.98. The normalized spacial score (nSPS) is 31.2. The van der Waals surface area contributed by atoms with Crippen molar-refractivity contribution in [2.24, 2.45) is 23.2 Å². The van der Waals surface area contributed by atoms with Gasteiger partial charge in [0.15, 0.2) is 0 Å². The van der Waals surface area contributed by atoms with Crippen LogP contribution in [0.2, 0.25) is 0 Å². The fraction of sp³-hybridized carbons (Fsp3) is 0.522. The molecule has 6 rings (SSSR count). The summed E-state index contributed by atoms with van der Waals surface area (Å²) in [7, 11) is 0. The van der Waals surface area contributed by atoms with E-state index in [0.29, 0.717) is 12.2 Å². The third kappa shape index (κ3) is 3.31. The zero-order chi connectivity index (χ0) is 18.4. The van der Waals surface area contributed by atoms with Crippen LogP contribution in [-0.2, 0) is 11.4 Å². The van der Waals surface area contributed by atoms with Gasteiger partial charge in [-0.1, -0.05) is 0 Å². The Morgan fingerprint density at radius 1 is 1.00 bits per heavy atom. The Labute approximate surface area is 160 Å². The number of amides is 1. The Kier molecular flexibility index (Phi) is 4.12. The van der Waals surface area contributed by atoms with Crippen molar-refractivity contribution in [3.8, 4) is 11.3 Å². The number of rotatable bonds is 5. The van der Waals surface area contributed by atoms with Crippen LogP contribution in [0.25, 0.3) is 11.3 Å². The molecule has 4 aliphatic carbocycles. The molecule has 4 heteroatoms. The topological polar surface area (TPSA) is 62.5 Å². The molecule has 1 aromatic heterocycles. The summed E-state index contributed by atoms with van der Waals surface area (Å²) in [5, 5.41) is 12.2. The molecule has 4 bridgehead atoms. The van der Waals surface area contributed by atoms with Gasteiger partial charge in [0.2, 0.25) is 5.91 Å². The number of carbonyl (C=O) groups is 1. The summed E-state index contributed by atoms with van der Waals surface area (Å²) in [4.78, 5) is 12.7. The Morgan fingerprint density at radius 2 is 1.63 bits per heavy atom. The number of carbonyl (C=O) groups excluding carboxylic acids is 1. The van der Waals surface area contributed by atoms with E-state index >= 15 is 0 Å². The second-order valence-corrected chi connectivity index (χ2v) is 9.14. The highest BCUT2D eigenvalue weighted by Gasteiger charge is 2.51. The van der Waals surface area contributed by atoms with Crippen LogP contribution in [0.5, 0.6) is 0 Å². The Balaban J connectivity index is 1.23. The fourth-order valence-electron chi connectivity index (χ4n) is 6.39. The summed E-state index contributed by atoms with van der Waals surface area (Å²) in [6.07, 6.45) is 8.69. The first-order valence-corrected chi connectivity index (χ1v) is 10.2. The van der Waals surface area contributed by atoms with Crippen LogP contribution >= 0.6 is 0 Å². The second-order valence-electron chi connectivity index (χ2n) is 9.14. The van der Waals surface area contributed by atoms with Gasteiger partial charge in [-0.2, -0.15) is 0 Å². The van der Waals surface area contributed by atoms with Crippen LogP contribution < -0.4 is 5.32 Å². The zero-order valence-electron chi connectivity index (χ0n) is 15.6. The number of hydrogen-bond acceptors (Lipinski definition) is 3. The molecule has 2 N–H and O–H groups in total. The van der Waals surface area contributed by atoms with Gasteiger partial charge in [0.25, 0.3) is 0 Å². The first-order valence-electron chi connectivity index (χ1n) is 10.2. The number of aliphatic hydroxyl groups excluding tert-OH is 1. The monoisotopic (exact) mass is 365 g/mol. The quantitative estimate of drug-likeness (QED) is 0.785. The van der Waals surface area contributed by atoms with E-state index in [1.54, 1.807) is 6.07 Å². The summed E-state index contributed by atoms with van der Waals surface area (Å²) in [6.45, 7) is -0.0987. The molecule has 0 radical (unpaired) electrons. The minimum atomic E-state index is -0.0987. The number of anilines is 1. The van der Waals surface area contributed by atoms with Crippen LogP contribution in [0, 0.1) is 23.2 Å². The van der Waals surface area contributed by atoms with Crippen molar-refractivity contribution in [1.29, 1.82) is 0 Å². The highest BCUT2D eigenvalue weighted by Crippen LogP contribution is 2.61. The average molecular weight is 365 g/mol. The molecule has 4 aliphatic rings. The third-order valence-electron chi connectivity index (χ3n) is 6.97. The van der Waals surface area contributed by atoms with Gasteiger partial charge in [-0.05, 0) is 98.1 Å². The molecule has 1 heterocycles. The van der Waals surface area contributed by atoms with Crippen molar-refractivity contribution in [2.75, 3.05) is 5.32 Å². The second kappa shape index (κ2) is 6.52. The van der Waals surface area contributed by atoms with Crippen LogP contribution in [0.4, 0.5) is 5.69 Å². The number of nitrogens with one attached hydrogen (secondary N) is 1. The summed E-state index contributed by atoms with van der Waals surface area (Å²) in [6, 6.07) is 11.4. The smallest absolute Gasteiger partial charge is 0.224 e. The molecular weight excluding hydrogens is 338 g/mol. The molecule has 142 valence electrons. The van der Waals surface area contributed by atoms with Crippen LogP contribution in [0.15, 0.2) is 40.8 Å². The van der Waals surface area contributed by atoms with E-state index in [9.17, 15) is 4.79 Å². The maximum Gasteiger partial charge on any atom is 0.224 e. The van der Waals surface area contributed by atoms with Gasteiger partial charge in [-0.15, -0.1) is 0 Å². The van der Waals surface area contributed by atoms with Crippen molar-refractivity contribution in [2.45, 2.75) is 51.6 Å². The van der Waals surface area contributed by atoms with Gasteiger partial charge in [0.1, 0.15) is 18.1 Å². The van der Waals surface area contributed by atoms with E-state index in [-0.39, 0.29) is 17.9 Å². The summed E-state index contributed by atoms with van der Waals surface area (Å²) in [5.41, 5.74) is 2.05. The van der Waals surface area contributed by atoms with Gasteiger partial charge in [-0.3, -0.25) is 4.79 Å². The molecule has 1 aromatic carbocycles. The molecule has 27 heavy (non-hydrogen) atoms. The Hall–Kier alpha value is -2.07. The van der Waals surface area contributed by atoms with Crippen molar-refractivity contribution in [3.63, 3.8) is 0 Å². The number of furan rings is 1. The van der Waals surface area contributed by atoms with Crippen molar-refractivity contribution >= 4 is 11.6 Å². The minimum Gasteiger partial charge on any atom is -0.459 e. The minimum absolute atomic E-state index is 0.0987. The SMILES string of the molecule is O=C(CC12CC3CC(CC(C3)C1)C2)Nc1ccc(-c2ccc(CO)o2)cc1. The summed E-state index contributed by atoms with van der Waals surface area (Å²) >= 11 is 0. The Morgan fingerprint density at radius 3 is 2.19 bits per heavy atom. The van der Waals surface area contributed by atoms with Crippen molar-refractivity contribution in [1.82, 2.24) is 0 Å². The molecule has 0 saturated heterocycles. The highest BCUT2D eigenvalue weighted by molar-refractivity contribution is 5.91. The molecule has 2 aromatic rings. The first kappa shape index (κ1) is 17.1. The molecule has 0 aliphatic heterocycles. The number of benzene rings is 1. The number of hydrogen-bond donors (Lipinski definition) is 2. The largest absolute Gasteiger partial charge is 0.459 e. The van der Waals surface area contributed by atoms with E-state index < -0.39 is 0 Å². The van der Waals surface area contributed by atoms with E-state index in [1.165, 1.54) is 38.5 Å². The molecule has 4 saturated carbocycles. The lowest BCUT2D eigenvalue weighted by Crippen LogP contribution is -2.47. The van der Waals surface area contributed by atoms with E-state index in [4.69, 9.17) is 9.52 Å². The van der Waals surface area contributed by atoms with E-state index in [2.05, 4.69) is 5.32 Å². The molecule has 0 unspecified atom stereocenters. The fourth-order valence-corrected chi connectivity index (χ4v) is 6.39. The molecule has 4 fully saturated rings. The van der Waals surface area contributed by atoms with E-state index in [1.807, 2.05) is 30.3 Å². The predicted molar refractivity (Wildman–Crippen MR) is 104 cm³/mol. The van der Waals surface area contributed by atoms with E-state index in [0.717, 1.165) is 34.8 Å². The van der Waals surface area contributed by atoms with Gasteiger partial charge in [0, 0.05) is 17.7 Å². The van der Waals surface area contributed by atoms with Gasteiger partial charge >= 0.3 is 0 Å². The van der Waals surface area contributed by atoms with Crippen molar-refractivity contribution < 1.29 is 14.3 Å². The maximum absolute atomic E-state index is 12.7. The van der Waals surface area contributed by atoms with Crippen LogP contribution in [0.1, 0.15) is 50.7 Å². The molecule has 4 nitrogen and oxygen atoms in total. The summed E-state index contributed by atoms with van der Waals surface area (Å²) in [5.74, 6) is 4.06. The molecule has 0 atom stereocenters. The lowest BCUT2D eigenvalue weighted by atomic mass is 9.49. The maximum atomic E-state index is 12.7. The van der Waals surface area contributed by atoms with Crippen LogP contribution in [-0.4, -0.2) is 11.0 Å². The lowest BCUT2D eigenvalue weighted by Gasteiger charge is -2.56. The number of aliphatic hydroxyl groups is 1.